The van der Waals surface area contributed by atoms with Crippen molar-refractivity contribution in [1.29, 1.82) is 5.26 Å². The van der Waals surface area contributed by atoms with Gasteiger partial charge in [0.05, 0.1) is 39.0 Å². The molecule has 0 aliphatic carbocycles. The van der Waals surface area contributed by atoms with Crippen LogP contribution in [-0.4, -0.2) is 9.13 Å². The van der Waals surface area contributed by atoms with Gasteiger partial charge in [-0.3, -0.25) is 0 Å². The zero-order chi connectivity index (χ0) is 50.3. The van der Waals surface area contributed by atoms with Crippen molar-refractivity contribution >= 4 is 43.6 Å². The Morgan fingerprint density at radius 3 is 0.890 bits per heavy atom. The molecule has 352 valence electrons. The summed E-state index contributed by atoms with van der Waals surface area (Å²) in [7, 11) is 0. The molecule has 73 heavy (non-hydrogen) atoms. The van der Waals surface area contributed by atoms with Gasteiger partial charge in [-0.1, -0.05) is 174 Å². The Labute approximate surface area is 422 Å². The number of rotatable bonds is 7. The molecule has 0 radical (unpaired) electrons. The monoisotopic (exact) mass is 951 g/mol. The Balaban J connectivity index is 1.24. The lowest BCUT2D eigenvalue weighted by molar-refractivity contribution is -0.137. The Hall–Kier alpha value is -8.92. The van der Waals surface area contributed by atoms with E-state index in [1.54, 1.807) is 13.0 Å². The highest BCUT2D eigenvalue weighted by Crippen LogP contribution is 2.44. The quantitative estimate of drug-likeness (QED) is 0.157. The second-order valence-corrected chi connectivity index (χ2v) is 19.6. The first-order valence-electron chi connectivity index (χ1n) is 24.5. The number of aryl methyl sites for hydroxylation is 5. The smallest absolute Gasteiger partial charge is 0.308 e. The summed E-state index contributed by atoms with van der Waals surface area (Å²) in [6.45, 7) is 9.98. The van der Waals surface area contributed by atoms with E-state index in [-0.39, 0.29) is 0 Å². The minimum atomic E-state index is -4.59. The molecule has 0 N–H and O–H groups in total. The lowest BCUT2D eigenvalue weighted by Gasteiger charge is -2.20. The third-order valence-electron chi connectivity index (χ3n) is 14.5. The molecule has 0 saturated carbocycles. The minimum absolute atomic E-state index is 0.369. The molecule has 0 saturated heterocycles. The summed E-state index contributed by atoms with van der Waals surface area (Å²) in [5, 5.41) is 15.9. The van der Waals surface area contributed by atoms with E-state index in [0.29, 0.717) is 33.6 Å². The average molecular weight is 952 g/mol. The van der Waals surface area contributed by atoms with Gasteiger partial charge in [-0.25, -0.2) is 0 Å². The van der Waals surface area contributed by atoms with Gasteiger partial charge in [-0.05, 0) is 144 Å². The molecule has 12 rings (SSSR count). The SMILES string of the molecule is Cc1ccc(-c2ccc3c4ccc(-c5ccc(C)cc5)cc4n(-c4cc(-c5cc(C)cc(C(F)(F)F)c5)cc(-n5c6cc(-c7ccc(C)cc7)ccc6c6ccc(-c7ccc(C)cc7)cc65)c4C#N)c3c2)cc1. The molecule has 0 amide bonds. The molecular formula is C67H48F3N3. The molecule has 0 atom stereocenters. The molecule has 0 unspecified atom stereocenters. The third kappa shape index (κ3) is 8.04. The molecule has 6 heteroatoms. The van der Waals surface area contributed by atoms with Gasteiger partial charge in [0.2, 0.25) is 0 Å². The van der Waals surface area contributed by atoms with E-state index >= 15 is 0 Å². The van der Waals surface area contributed by atoms with Crippen molar-refractivity contribution in [2.75, 3.05) is 0 Å². The van der Waals surface area contributed by atoms with Crippen molar-refractivity contribution in [1.82, 2.24) is 9.13 Å². The van der Waals surface area contributed by atoms with Crippen LogP contribution < -0.4 is 0 Å². The largest absolute Gasteiger partial charge is 0.416 e. The van der Waals surface area contributed by atoms with Crippen LogP contribution in [0.4, 0.5) is 13.2 Å². The van der Waals surface area contributed by atoms with Crippen molar-refractivity contribution < 1.29 is 13.2 Å². The fourth-order valence-electron chi connectivity index (χ4n) is 10.6. The average Bonchev–Trinajstić information content (AvgIpc) is 3.89. The van der Waals surface area contributed by atoms with Crippen molar-refractivity contribution in [3.8, 4) is 73.1 Å². The molecule has 10 aromatic carbocycles. The van der Waals surface area contributed by atoms with Crippen LogP contribution in [0, 0.1) is 45.9 Å². The zero-order valence-electron chi connectivity index (χ0n) is 41.0. The van der Waals surface area contributed by atoms with Crippen LogP contribution in [0.5, 0.6) is 0 Å². The number of hydrogen-bond donors (Lipinski definition) is 0. The van der Waals surface area contributed by atoms with Crippen LogP contribution >= 0.6 is 0 Å². The molecule has 0 aliphatic rings. The van der Waals surface area contributed by atoms with Crippen molar-refractivity contribution in [3.05, 3.63) is 239 Å². The highest BCUT2D eigenvalue weighted by Gasteiger charge is 2.32. The normalized spacial score (nSPS) is 11.8. The fourth-order valence-corrected chi connectivity index (χ4v) is 10.6. The number of hydrogen-bond acceptors (Lipinski definition) is 1. The highest BCUT2D eigenvalue weighted by molar-refractivity contribution is 6.13. The van der Waals surface area contributed by atoms with Crippen molar-refractivity contribution in [2.45, 2.75) is 40.8 Å². The second-order valence-electron chi connectivity index (χ2n) is 19.6. The summed E-state index contributed by atoms with van der Waals surface area (Å²) in [4.78, 5) is 0. The van der Waals surface area contributed by atoms with Crippen molar-refractivity contribution in [3.63, 3.8) is 0 Å². The van der Waals surface area contributed by atoms with E-state index in [2.05, 4.69) is 213 Å². The van der Waals surface area contributed by atoms with Crippen LogP contribution in [-0.2, 0) is 6.18 Å². The first kappa shape index (κ1) is 45.2. The van der Waals surface area contributed by atoms with Crippen LogP contribution in [0.25, 0.3) is 111 Å². The summed E-state index contributed by atoms with van der Waals surface area (Å²) < 4.78 is 48.8. The molecule has 0 bridgehead atoms. The topological polar surface area (TPSA) is 33.6 Å². The Kier molecular flexibility index (Phi) is 10.8. The number of nitriles is 1. The molecule has 2 heterocycles. The van der Waals surface area contributed by atoms with Gasteiger partial charge in [0.25, 0.3) is 0 Å². The summed E-state index contributed by atoms with van der Waals surface area (Å²) in [5.74, 6) is 0. The fraction of sp³-hybridized carbons (Fsp3) is 0.0896. The van der Waals surface area contributed by atoms with Crippen LogP contribution in [0.3, 0.4) is 0 Å². The predicted octanol–water partition coefficient (Wildman–Crippen LogP) is 18.6. The first-order valence-corrected chi connectivity index (χ1v) is 24.5. The van der Waals surface area contributed by atoms with Crippen LogP contribution in [0.1, 0.15) is 38.9 Å². The van der Waals surface area contributed by atoms with Gasteiger partial charge in [-0.2, -0.15) is 18.4 Å². The number of aromatic nitrogens is 2. The van der Waals surface area contributed by atoms with Gasteiger partial charge >= 0.3 is 6.18 Å². The van der Waals surface area contributed by atoms with E-state index in [9.17, 15) is 18.4 Å². The second kappa shape index (κ2) is 17.4. The van der Waals surface area contributed by atoms with E-state index in [4.69, 9.17) is 0 Å². The first-order chi connectivity index (χ1) is 35.3. The maximum absolute atomic E-state index is 14.8. The number of benzene rings is 10. The Bertz CT molecular complexity index is 3760. The standard InChI is InChI=1S/C67H48F3N3/c1-40-6-14-45(15-7-40)49-22-26-56-57-27-23-50(46-16-8-41(2)9-17-46)34-62(57)72(61(56)33-49)65-37-54(53-30-44(5)31-55(32-53)67(68,69)70)38-66(60(65)39-71)73-63-35-51(47-18-10-42(3)11-19-47)24-28-58(63)59-29-25-52(36-64(59)73)48-20-12-43(4)13-21-48/h6-38H,1-5H3. The maximum Gasteiger partial charge on any atom is 0.416 e. The Morgan fingerprint density at radius 2 is 0.603 bits per heavy atom. The van der Waals surface area contributed by atoms with Crippen LogP contribution in [0.2, 0.25) is 0 Å². The molecule has 0 fully saturated rings. The minimum Gasteiger partial charge on any atom is -0.308 e. The third-order valence-corrected chi connectivity index (χ3v) is 14.5. The van der Waals surface area contributed by atoms with E-state index < -0.39 is 11.7 Å². The summed E-state index contributed by atoms with van der Waals surface area (Å²) in [6, 6.07) is 70.4. The molecular weight excluding hydrogens is 904 g/mol. The zero-order valence-corrected chi connectivity index (χ0v) is 41.0. The van der Waals surface area contributed by atoms with E-state index in [1.165, 1.54) is 12.1 Å². The highest BCUT2D eigenvalue weighted by atomic mass is 19.4. The lowest BCUT2D eigenvalue weighted by Crippen LogP contribution is -2.07. The molecule has 0 spiro atoms. The summed E-state index contributed by atoms with van der Waals surface area (Å²) >= 11 is 0. The maximum atomic E-state index is 14.8. The summed E-state index contributed by atoms with van der Waals surface area (Å²) in [5.41, 5.74) is 18.3. The number of alkyl halides is 3. The molecule has 3 nitrogen and oxygen atoms in total. The van der Waals surface area contributed by atoms with Gasteiger partial charge in [-0.15, -0.1) is 0 Å². The van der Waals surface area contributed by atoms with Crippen LogP contribution in [0.15, 0.2) is 200 Å². The van der Waals surface area contributed by atoms with Gasteiger partial charge in [0, 0.05) is 21.5 Å². The number of nitrogens with zero attached hydrogens (tertiary/aromatic N) is 3. The van der Waals surface area contributed by atoms with Gasteiger partial charge in [0.15, 0.2) is 0 Å². The van der Waals surface area contributed by atoms with Crippen molar-refractivity contribution in [2.24, 2.45) is 0 Å². The number of fused-ring (bicyclic) bond motifs is 6. The molecule has 12 aromatic rings. The van der Waals surface area contributed by atoms with Gasteiger partial charge < -0.3 is 9.13 Å². The predicted molar refractivity (Wildman–Crippen MR) is 296 cm³/mol. The van der Waals surface area contributed by atoms with E-state index in [0.717, 1.165) is 110 Å². The molecule has 2 aromatic heterocycles. The lowest BCUT2D eigenvalue weighted by atomic mass is 9.96. The summed E-state index contributed by atoms with van der Waals surface area (Å²) in [6.07, 6.45) is -4.59. The molecule has 0 aliphatic heterocycles. The Morgan fingerprint density at radius 1 is 0.315 bits per heavy atom. The number of halogens is 3. The van der Waals surface area contributed by atoms with Gasteiger partial charge in [0.1, 0.15) is 11.6 Å². The van der Waals surface area contributed by atoms with E-state index in [1.807, 2.05) is 12.1 Å².